The van der Waals surface area contributed by atoms with E-state index in [-0.39, 0.29) is 28.5 Å². The summed E-state index contributed by atoms with van der Waals surface area (Å²) < 4.78 is 9.64. The van der Waals surface area contributed by atoms with Crippen LogP contribution in [0.5, 0.6) is 0 Å². The molecule has 4 heteroatoms. The van der Waals surface area contributed by atoms with Crippen LogP contribution < -0.4 is 15.7 Å². The molecule has 2 aliphatic heterocycles. The Balaban J connectivity index is 1.43. The van der Waals surface area contributed by atoms with Crippen LogP contribution in [0.3, 0.4) is 0 Å². The van der Waals surface area contributed by atoms with Gasteiger partial charge in [0, 0.05) is 49.7 Å². The summed E-state index contributed by atoms with van der Waals surface area (Å²) in [5, 5.41) is 4.97. The number of aromatic nitrogens is 1. The number of hydrogen-bond acceptors (Lipinski definition) is 2. The fraction of sp³-hybridized carbons (Fsp3) is 0.308. The number of benzene rings is 6. The zero-order valence-electron chi connectivity index (χ0n) is 35.2. The van der Waals surface area contributed by atoms with Gasteiger partial charge in [-0.3, -0.25) is 0 Å². The van der Waals surface area contributed by atoms with E-state index in [9.17, 15) is 0 Å². The van der Waals surface area contributed by atoms with Gasteiger partial charge in [-0.05, 0) is 109 Å². The van der Waals surface area contributed by atoms with Crippen LogP contribution in [0.2, 0.25) is 0 Å². The summed E-state index contributed by atoms with van der Waals surface area (Å²) in [6, 6.07) is 39.9. The fourth-order valence-corrected chi connectivity index (χ4v) is 9.51. The van der Waals surface area contributed by atoms with E-state index in [1.807, 2.05) is 0 Å². The van der Waals surface area contributed by atoms with Crippen molar-refractivity contribution < 1.29 is 4.42 Å². The molecule has 0 spiro atoms. The Labute approximate surface area is 332 Å². The normalized spacial score (nSPS) is 14.4. The predicted octanol–water partition coefficient (Wildman–Crippen LogP) is 13.1. The lowest BCUT2D eigenvalue weighted by molar-refractivity contribution is 0.590. The first-order valence-electron chi connectivity index (χ1n) is 20.5. The minimum atomic E-state index is -0.0882. The van der Waals surface area contributed by atoms with Gasteiger partial charge in [-0.15, -0.1) is 0 Å². The Kier molecular flexibility index (Phi) is 7.05. The van der Waals surface area contributed by atoms with Crippen molar-refractivity contribution in [1.82, 2.24) is 4.57 Å². The number of nitrogens with zero attached hydrogens (tertiary/aromatic N) is 2. The maximum absolute atomic E-state index is 7.03. The lowest BCUT2D eigenvalue weighted by atomic mass is 9.43. The third kappa shape index (κ3) is 4.97. The molecular weight excluding hydrogens is 679 g/mol. The van der Waals surface area contributed by atoms with Crippen molar-refractivity contribution in [3.63, 3.8) is 0 Å². The molecule has 0 saturated heterocycles. The molecule has 0 atom stereocenters. The minimum Gasteiger partial charge on any atom is -0.455 e. The van der Waals surface area contributed by atoms with Crippen LogP contribution in [0.1, 0.15) is 105 Å². The van der Waals surface area contributed by atoms with Crippen molar-refractivity contribution in [3.8, 4) is 16.8 Å². The molecule has 0 amide bonds. The van der Waals surface area contributed by atoms with Gasteiger partial charge in [0.05, 0.1) is 11.0 Å². The Morgan fingerprint density at radius 2 is 1.11 bits per heavy atom. The van der Waals surface area contributed by atoms with Crippen molar-refractivity contribution in [2.24, 2.45) is 0 Å². The first-order valence-corrected chi connectivity index (χ1v) is 20.5. The van der Waals surface area contributed by atoms with Gasteiger partial charge in [0.2, 0.25) is 0 Å². The summed E-state index contributed by atoms with van der Waals surface area (Å²) in [7, 11) is 0. The molecule has 0 bridgehead atoms. The third-order valence-electron chi connectivity index (χ3n) is 12.8. The Morgan fingerprint density at radius 1 is 0.500 bits per heavy atom. The zero-order chi connectivity index (χ0) is 39.4. The molecule has 2 aliphatic rings. The van der Waals surface area contributed by atoms with E-state index in [2.05, 4.69) is 196 Å². The molecule has 0 N–H and O–H groups in total. The van der Waals surface area contributed by atoms with Gasteiger partial charge in [-0.2, -0.15) is 0 Å². The molecule has 8 aromatic rings. The summed E-state index contributed by atoms with van der Waals surface area (Å²) in [5.41, 5.74) is 18.6. The summed E-state index contributed by atoms with van der Waals surface area (Å²) in [5.74, 6) is 0. The SMILES string of the molecule is CC(C)(C)c1ccc(N2B3c4c(cc5c(oc6ccccc65)c4-c4cc(C(C)(C)C)ccc42)-n2c4ccc(C(C)(C)C)cc4c4cc(C(C)(C)C)cc3c42)cc1. The van der Waals surface area contributed by atoms with Crippen LogP contribution in [0.15, 0.2) is 108 Å². The molecule has 280 valence electrons. The van der Waals surface area contributed by atoms with E-state index in [1.54, 1.807) is 0 Å². The molecule has 10 rings (SSSR count). The number of fused-ring (bicyclic) bond motifs is 11. The molecule has 56 heavy (non-hydrogen) atoms. The highest BCUT2D eigenvalue weighted by Crippen LogP contribution is 2.50. The second-order valence-electron chi connectivity index (χ2n) is 20.7. The van der Waals surface area contributed by atoms with Crippen LogP contribution in [-0.2, 0) is 21.7 Å². The van der Waals surface area contributed by atoms with Crippen LogP contribution in [-0.4, -0.2) is 11.4 Å². The van der Waals surface area contributed by atoms with Crippen molar-refractivity contribution in [3.05, 3.63) is 125 Å². The highest BCUT2D eigenvalue weighted by atomic mass is 16.3. The van der Waals surface area contributed by atoms with Gasteiger partial charge in [-0.1, -0.05) is 132 Å². The molecule has 2 aromatic heterocycles. The molecule has 0 saturated carbocycles. The topological polar surface area (TPSA) is 21.3 Å². The Morgan fingerprint density at radius 3 is 1.79 bits per heavy atom. The molecule has 0 radical (unpaired) electrons. The number of anilines is 2. The van der Waals surface area contributed by atoms with E-state index < -0.39 is 0 Å². The van der Waals surface area contributed by atoms with Crippen LogP contribution >= 0.6 is 0 Å². The van der Waals surface area contributed by atoms with E-state index >= 15 is 0 Å². The fourth-order valence-electron chi connectivity index (χ4n) is 9.51. The van der Waals surface area contributed by atoms with Gasteiger partial charge in [0.1, 0.15) is 11.2 Å². The lowest BCUT2D eigenvalue weighted by Crippen LogP contribution is -2.60. The quantitative estimate of drug-likeness (QED) is 0.157. The molecule has 6 aromatic carbocycles. The zero-order valence-corrected chi connectivity index (χ0v) is 35.2. The summed E-state index contributed by atoms with van der Waals surface area (Å²) >= 11 is 0. The van der Waals surface area contributed by atoms with Gasteiger partial charge < -0.3 is 13.8 Å². The summed E-state index contributed by atoms with van der Waals surface area (Å²) in [6.45, 7) is 27.8. The van der Waals surface area contributed by atoms with Gasteiger partial charge in [-0.25, -0.2) is 0 Å². The van der Waals surface area contributed by atoms with Crippen LogP contribution in [0, 0.1) is 0 Å². The highest BCUT2D eigenvalue weighted by Gasteiger charge is 2.46. The smallest absolute Gasteiger partial charge is 0.333 e. The lowest BCUT2D eigenvalue weighted by Gasteiger charge is -2.43. The van der Waals surface area contributed by atoms with Crippen LogP contribution in [0.4, 0.5) is 11.4 Å². The highest BCUT2D eigenvalue weighted by molar-refractivity contribution is 6.94. The average molecular weight is 733 g/mol. The number of furan rings is 1. The second kappa shape index (κ2) is 11.2. The van der Waals surface area contributed by atoms with E-state index in [4.69, 9.17) is 4.42 Å². The maximum atomic E-state index is 7.03. The number of para-hydroxylation sites is 1. The first-order chi connectivity index (χ1) is 26.3. The minimum absolute atomic E-state index is 0.0219. The van der Waals surface area contributed by atoms with Crippen molar-refractivity contribution in [1.29, 1.82) is 0 Å². The molecule has 0 aliphatic carbocycles. The first kappa shape index (κ1) is 35.2. The molecule has 0 unspecified atom stereocenters. The predicted molar refractivity (Wildman–Crippen MR) is 242 cm³/mol. The average Bonchev–Trinajstić information content (AvgIpc) is 3.67. The second-order valence-corrected chi connectivity index (χ2v) is 20.7. The largest absolute Gasteiger partial charge is 0.455 e. The standard InChI is InChI=1S/C52H53BN2O/c1-49(2,3)30-17-21-34(22-18-30)55-42-24-20-32(51(7,8)9)26-39(42)45-46-43(29-38-35-15-13-14-16-44(35)56-48(38)45)54-41-23-19-31(50(4,5)6)25-36(41)37-27-33(52(10,11)12)28-40(47(37)54)53(46)55/h13-29H,1-12H3. The van der Waals surface area contributed by atoms with Crippen molar-refractivity contribution in [2.45, 2.75) is 105 Å². The van der Waals surface area contributed by atoms with E-state index in [0.29, 0.717) is 0 Å². The summed E-state index contributed by atoms with van der Waals surface area (Å²) in [6.07, 6.45) is 0. The van der Waals surface area contributed by atoms with Gasteiger partial charge in [0.15, 0.2) is 0 Å². The third-order valence-corrected chi connectivity index (χ3v) is 12.8. The molecular formula is C52H53BN2O. The monoisotopic (exact) mass is 732 g/mol. The summed E-state index contributed by atoms with van der Waals surface area (Å²) in [4.78, 5) is 2.65. The maximum Gasteiger partial charge on any atom is 0.333 e. The van der Waals surface area contributed by atoms with Crippen LogP contribution in [0.25, 0.3) is 60.6 Å². The Bertz CT molecular complexity index is 2950. The molecule has 4 heterocycles. The molecule has 3 nitrogen and oxygen atoms in total. The van der Waals surface area contributed by atoms with E-state index in [0.717, 1.165) is 16.6 Å². The number of rotatable bonds is 1. The van der Waals surface area contributed by atoms with Gasteiger partial charge >= 0.3 is 6.85 Å². The van der Waals surface area contributed by atoms with Crippen molar-refractivity contribution in [2.75, 3.05) is 4.81 Å². The molecule has 0 fully saturated rings. The van der Waals surface area contributed by atoms with E-state index in [1.165, 1.54) is 88.6 Å². The Hall–Kier alpha value is -5.22. The van der Waals surface area contributed by atoms with Crippen molar-refractivity contribution >= 4 is 72.9 Å². The number of hydrogen-bond donors (Lipinski definition) is 0. The van der Waals surface area contributed by atoms with Gasteiger partial charge in [0.25, 0.3) is 0 Å².